The molecule has 0 aliphatic carbocycles. The summed E-state index contributed by atoms with van der Waals surface area (Å²) in [5.74, 6) is -0.312. The minimum Gasteiger partial charge on any atom is -0.394 e. The number of hydrogen-bond acceptors (Lipinski definition) is 4. The molecule has 1 saturated heterocycles. The molecule has 0 unspecified atom stereocenters. The van der Waals surface area contributed by atoms with Crippen LogP contribution in [0.25, 0.3) is 0 Å². The van der Waals surface area contributed by atoms with Gasteiger partial charge in [0.1, 0.15) is 0 Å². The molecule has 1 aliphatic rings. The van der Waals surface area contributed by atoms with Crippen molar-refractivity contribution in [2.45, 2.75) is 43.5 Å². The first-order valence-electron chi connectivity index (χ1n) is 8.01. The third-order valence-electron chi connectivity index (χ3n) is 4.12. The number of hydrogen-bond donors (Lipinski definition) is 2. The average molecular weight is 340 g/mol. The molecule has 7 heteroatoms. The molecule has 0 aromatic heterocycles. The molecule has 23 heavy (non-hydrogen) atoms. The molecule has 0 spiro atoms. The molecule has 1 heterocycles. The Kier molecular flexibility index (Phi) is 6.15. The van der Waals surface area contributed by atoms with Crippen LogP contribution in [0.5, 0.6) is 0 Å². The van der Waals surface area contributed by atoms with Gasteiger partial charge in [0.15, 0.2) is 0 Å². The van der Waals surface area contributed by atoms with Crippen molar-refractivity contribution in [1.82, 2.24) is 9.62 Å². The number of nitrogens with zero attached hydrogens (tertiary/aromatic N) is 1. The molecule has 2 rings (SSSR count). The summed E-state index contributed by atoms with van der Waals surface area (Å²) in [5.41, 5.74) is 0.384. The first-order chi connectivity index (χ1) is 11.0. The molecule has 6 nitrogen and oxygen atoms in total. The van der Waals surface area contributed by atoms with Crippen molar-refractivity contribution in [3.05, 3.63) is 29.8 Å². The summed E-state index contributed by atoms with van der Waals surface area (Å²) in [7, 11) is -3.48. The molecule has 2 N–H and O–H groups in total. The van der Waals surface area contributed by atoms with Gasteiger partial charge >= 0.3 is 0 Å². The quantitative estimate of drug-likeness (QED) is 0.819. The first kappa shape index (κ1) is 17.9. The second kappa shape index (κ2) is 7.90. The third-order valence-corrected chi connectivity index (χ3v) is 6.03. The summed E-state index contributed by atoms with van der Waals surface area (Å²) >= 11 is 0. The number of amides is 1. The minimum absolute atomic E-state index is 0.121. The number of sulfonamides is 1. The van der Waals surface area contributed by atoms with E-state index in [2.05, 4.69) is 5.32 Å². The number of aliphatic hydroxyl groups excluding tert-OH is 1. The van der Waals surface area contributed by atoms with Crippen LogP contribution in [-0.4, -0.2) is 49.5 Å². The monoisotopic (exact) mass is 340 g/mol. The number of nitrogens with one attached hydrogen (secondary N) is 1. The summed E-state index contributed by atoms with van der Waals surface area (Å²) < 4.78 is 26.6. The molecule has 1 amide bonds. The van der Waals surface area contributed by atoms with Crippen LogP contribution in [0.3, 0.4) is 0 Å². The van der Waals surface area contributed by atoms with Crippen molar-refractivity contribution in [3.63, 3.8) is 0 Å². The fourth-order valence-corrected chi connectivity index (χ4v) is 4.10. The van der Waals surface area contributed by atoms with Crippen molar-refractivity contribution in [3.8, 4) is 0 Å². The summed E-state index contributed by atoms with van der Waals surface area (Å²) in [6.45, 7) is 2.86. The number of benzene rings is 1. The fraction of sp³-hybridized carbons (Fsp3) is 0.562. The van der Waals surface area contributed by atoms with E-state index < -0.39 is 10.0 Å². The molecule has 0 radical (unpaired) electrons. The Morgan fingerprint density at radius 2 is 1.83 bits per heavy atom. The highest BCUT2D eigenvalue weighted by Gasteiger charge is 2.26. The Hall–Kier alpha value is -1.44. The van der Waals surface area contributed by atoms with Gasteiger partial charge in [0, 0.05) is 18.7 Å². The van der Waals surface area contributed by atoms with E-state index in [9.17, 15) is 13.2 Å². The van der Waals surface area contributed by atoms with E-state index in [0.717, 1.165) is 19.3 Å². The smallest absolute Gasteiger partial charge is 0.251 e. The zero-order valence-electron chi connectivity index (χ0n) is 13.4. The molecular formula is C16H24N2O4S. The predicted octanol–water partition coefficient (Wildman–Crippen LogP) is 1.36. The van der Waals surface area contributed by atoms with Crippen LogP contribution in [0.15, 0.2) is 29.2 Å². The normalized spacial score (nSPS) is 17.7. The molecule has 0 saturated carbocycles. The van der Waals surface area contributed by atoms with E-state index in [-0.39, 0.29) is 23.5 Å². The predicted molar refractivity (Wildman–Crippen MR) is 87.7 cm³/mol. The Morgan fingerprint density at radius 3 is 2.35 bits per heavy atom. The Balaban J connectivity index is 2.11. The minimum atomic E-state index is -3.48. The van der Waals surface area contributed by atoms with Gasteiger partial charge in [-0.3, -0.25) is 4.79 Å². The molecule has 1 atom stereocenters. The lowest BCUT2D eigenvalue weighted by Crippen LogP contribution is -2.37. The van der Waals surface area contributed by atoms with Crippen LogP contribution < -0.4 is 5.32 Å². The van der Waals surface area contributed by atoms with Gasteiger partial charge < -0.3 is 10.4 Å². The van der Waals surface area contributed by atoms with E-state index in [0.29, 0.717) is 25.1 Å². The molecule has 1 aromatic rings. The molecular weight excluding hydrogens is 316 g/mol. The van der Waals surface area contributed by atoms with Gasteiger partial charge in [0.05, 0.1) is 17.5 Å². The number of piperidine rings is 1. The van der Waals surface area contributed by atoms with Gasteiger partial charge in [0.2, 0.25) is 10.0 Å². The van der Waals surface area contributed by atoms with Crippen molar-refractivity contribution in [1.29, 1.82) is 0 Å². The molecule has 128 valence electrons. The second-order valence-electron chi connectivity index (χ2n) is 5.75. The number of rotatable bonds is 6. The number of aliphatic hydroxyl groups is 1. The van der Waals surface area contributed by atoms with E-state index in [1.165, 1.54) is 28.6 Å². The van der Waals surface area contributed by atoms with Crippen molar-refractivity contribution < 1.29 is 18.3 Å². The zero-order valence-corrected chi connectivity index (χ0v) is 14.2. The largest absolute Gasteiger partial charge is 0.394 e. The standard InChI is InChI=1S/C16H24N2O4S/c1-2-14(12-19)17-16(20)13-6-8-15(9-7-13)23(21,22)18-10-4-3-5-11-18/h6-9,14,19H,2-5,10-12H2,1H3,(H,17,20)/t14-/m1/s1. The van der Waals surface area contributed by atoms with Crippen molar-refractivity contribution in [2.24, 2.45) is 0 Å². The SMILES string of the molecule is CC[C@H](CO)NC(=O)c1ccc(S(=O)(=O)N2CCCCC2)cc1. The summed E-state index contributed by atoms with van der Waals surface area (Å²) in [4.78, 5) is 12.3. The number of carbonyl (C=O) groups is 1. The van der Waals surface area contributed by atoms with E-state index in [1.807, 2.05) is 6.92 Å². The topological polar surface area (TPSA) is 86.7 Å². The van der Waals surface area contributed by atoms with E-state index >= 15 is 0 Å². The van der Waals surface area contributed by atoms with E-state index in [1.54, 1.807) is 0 Å². The Bertz CT molecular complexity index is 618. The van der Waals surface area contributed by atoms with Crippen molar-refractivity contribution >= 4 is 15.9 Å². The molecule has 1 aliphatic heterocycles. The van der Waals surface area contributed by atoms with Crippen molar-refractivity contribution in [2.75, 3.05) is 19.7 Å². The molecule has 1 fully saturated rings. The third kappa shape index (κ3) is 4.31. The van der Waals surface area contributed by atoms with Crippen LogP contribution in [0.1, 0.15) is 43.0 Å². The lowest BCUT2D eigenvalue weighted by Gasteiger charge is -2.25. The highest BCUT2D eigenvalue weighted by molar-refractivity contribution is 7.89. The van der Waals surface area contributed by atoms with Gasteiger partial charge in [-0.2, -0.15) is 4.31 Å². The zero-order chi connectivity index (χ0) is 16.9. The van der Waals surface area contributed by atoms with Gasteiger partial charge in [-0.25, -0.2) is 8.42 Å². The maximum atomic E-state index is 12.5. The molecule has 1 aromatic carbocycles. The molecule has 0 bridgehead atoms. The Morgan fingerprint density at radius 1 is 1.22 bits per heavy atom. The van der Waals surface area contributed by atoms with Crippen LogP contribution in [-0.2, 0) is 10.0 Å². The van der Waals surface area contributed by atoms with Gasteiger partial charge in [0.25, 0.3) is 5.91 Å². The van der Waals surface area contributed by atoms with Crippen LogP contribution >= 0.6 is 0 Å². The highest BCUT2D eigenvalue weighted by Crippen LogP contribution is 2.20. The van der Waals surface area contributed by atoms with Gasteiger partial charge in [-0.15, -0.1) is 0 Å². The van der Waals surface area contributed by atoms with E-state index in [4.69, 9.17) is 5.11 Å². The summed E-state index contributed by atoms with van der Waals surface area (Å²) in [6, 6.07) is 5.67. The van der Waals surface area contributed by atoms with Gasteiger partial charge in [-0.05, 0) is 43.5 Å². The van der Waals surface area contributed by atoms with Gasteiger partial charge in [-0.1, -0.05) is 13.3 Å². The van der Waals surface area contributed by atoms with Crippen LogP contribution in [0.2, 0.25) is 0 Å². The summed E-state index contributed by atoms with van der Waals surface area (Å²) in [5, 5.41) is 11.8. The average Bonchev–Trinajstić information content (AvgIpc) is 2.60. The fourth-order valence-electron chi connectivity index (χ4n) is 2.58. The summed E-state index contributed by atoms with van der Waals surface area (Å²) in [6.07, 6.45) is 3.47. The Labute approximate surface area is 137 Å². The lowest BCUT2D eigenvalue weighted by molar-refractivity contribution is 0.0915. The van der Waals surface area contributed by atoms with Crippen LogP contribution in [0, 0.1) is 0 Å². The second-order valence-corrected chi connectivity index (χ2v) is 7.69. The maximum Gasteiger partial charge on any atom is 0.251 e. The highest BCUT2D eigenvalue weighted by atomic mass is 32.2. The maximum absolute atomic E-state index is 12.5. The lowest BCUT2D eigenvalue weighted by atomic mass is 10.2. The first-order valence-corrected chi connectivity index (χ1v) is 9.45. The van der Waals surface area contributed by atoms with Crippen LogP contribution in [0.4, 0.5) is 0 Å². The number of carbonyl (C=O) groups excluding carboxylic acids is 1.